The molecule has 31 heavy (non-hydrogen) atoms. The number of methoxy groups -OCH3 is 2. The molecule has 10 heteroatoms. The normalized spacial score (nSPS) is 12.3. The van der Waals surface area contributed by atoms with Gasteiger partial charge in [0, 0.05) is 0 Å². The second kappa shape index (κ2) is 10.7. The fourth-order valence-electron chi connectivity index (χ4n) is 2.86. The summed E-state index contributed by atoms with van der Waals surface area (Å²) in [4.78, 5) is 12.6. The summed E-state index contributed by atoms with van der Waals surface area (Å²) in [7, 11) is -0.682. The average Bonchev–Trinajstić information content (AvgIpc) is 2.74. The van der Waals surface area contributed by atoms with Crippen LogP contribution in [-0.4, -0.2) is 53.7 Å². The van der Waals surface area contributed by atoms with Crippen molar-refractivity contribution in [1.82, 2.24) is 5.43 Å². The summed E-state index contributed by atoms with van der Waals surface area (Å²) in [5, 5.41) is 3.93. The minimum absolute atomic E-state index is 0.345. The molecule has 168 valence electrons. The maximum Gasteiger partial charge on any atom is 0.263 e. The minimum atomic E-state index is -3.73. The molecule has 0 aliphatic heterocycles. The maximum absolute atomic E-state index is 12.6. The predicted octanol–water partition coefficient (Wildman–Crippen LogP) is 2.41. The lowest BCUT2D eigenvalue weighted by Crippen LogP contribution is -2.46. The Labute approximate surface area is 182 Å². The predicted molar refractivity (Wildman–Crippen MR) is 120 cm³/mol. The van der Waals surface area contributed by atoms with E-state index in [1.54, 1.807) is 42.5 Å². The van der Waals surface area contributed by atoms with E-state index in [1.165, 1.54) is 27.4 Å². The highest BCUT2D eigenvalue weighted by atomic mass is 32.2. The first-order chi connectivity index (χ1) is 14.7. The third kappa shape index (κ3) is 6.35. The van der Waals surface area contributed by atoms with Gasteiger partial charge in [-0.1, -0.05) is 0 Å². The molecule has 0 aromatic heterocycles. The first-order valence-electron chi connectivity index (χ1n) is 9.48. The van der Waals surface area contributed by atoms with E-state index in [9.17, 15) is 13.2 Å². The number of nitrogens with zero attached hydrogens (tertiary/aromatic N) is 2. The minimum Gasteiger partial charge on any atom is -0.494 e. The first kappa shape index (κ1) is 24.0. The molecule has 0 bridgehead atoms. The van der Waals surface area contributed by atoms with Crippen molar-refractivity contribution in [2.45, 2.75) is 19.9 Å². The molecule has 2 aromatic carbocycles. The average molecular weight is 450 g/mol. The van der Waals surface area contributed by atoms with Crippen LogP contribution in [0.25, 0.3) is 0 Å². The van der Waals surface area contributed by atoms with E-state index in [1.807, 2.05) is 6.92 Å². The third-order valence-electron chi connectivity index (χ3n) is 4.29. The molecule has 0 spiro atoms. The Morgan fingerprint density at radius 1 is 1.13 bits per heavy atom. The summed E-state index contributed by atoms with van der Waals surface area (Å²) in [5.74, 6) is 1.11. The fourth-order valence-corrected chi connectivity index (χ4v) is 4.04. The van der Waals surface area contributed by atoms with Crippen LogP contribution in [0.15, 0.2) is 47.6 Å². The number of carbonyl (C=O) groups is 1. The van der Waals surface area contributed by atoms with E-state index in [-0.39, 0.29) is 0 Å². The largest absolute Gasteiger partial charge is 0.494 e. The number of carbonyl (C=O) groups excluding carboxylic acids is 1. The lowest BCUT2D eigenvalue weighted by Gasteiger charge is -2.27. The van der Waals surface area contributed by atoms with E-state index in [4.69, 9.17) is 14.2 Å². The van der Waals surface area contributed by atoms with Crippen LogP contribution in [0.5, 0.6) is 17.2 Å². The van der Waals surface area contributed by atoms with Crippen molar-refractivity contribution < 1.29 is 27.4 Å². The highest BCUT2D eigenvalue weighted by Crippen LogP contribution is 2.27. The quantitative estimate of drug-likeness (QED) is 0.441. The number of amides is 1. The number of hydrogen-bond acceptors (Lipinski definition) is 7. The van der Waals surface area contributed by atoms with Crippen LogP contribution in [0, 0.1) is 0 Å². The molecule has 0 fully saturated rings. The van der Waals surface area contributed by atoms with Gasteiger partial charge in [-0.2, -0.15) is 5.10 Å². The highest BCUT2D eigenvalue weighted by Gasteiger charge is 2.29. The molecule has 0 heterocycles. The van der Waals surface area contributed by atoms with E-state index in [0.717, 1.165) is 10.6 Å². The van der Waals surface area contributed by atoms with E-state index in [0.29, 0.717) is 35.1 Å². The number of ether oxygens (including phenoxy) is 3. The summed E-state index contributed by atoms with van der Waals surface area (Å²) >= 11 is 0. The molecule has 0 unspecified atom stereocenters. The summed E-state index contributed by atoms with van der Waals surface area (Å²) in [6.07, 6.45) is 2.47. The lowest BCUT2D eigenvalue weighted by atomic mass is 10.2. The van der Waals surface area contributed by atoms with Crippen LogP contribution >= 0.6 is 0 Å². The van der Waals surface area contributed by atoms with E-state index in [2.05, 4.69) is 10.5 Å². The Morgan fingerprint density at radius 2 is 1.77 bits per heavy atom. The van der Waals surface area contributed by atoms with Crippen molar-refractivity contribution in [2.24, 2.45) is 5.10 Å². The zero-order chi connectivity index (χ0) is 23.0. The number of hydrazone groups is 1. The fraction of sp³-hybridized carbons (Fsp3) is 0.333. The van der Waals surface area contributed by atoms with Crippen LogP contribution in [-0.2, 0) is 14.8 Å². The highest BCUT2D eigenvalue weighted by molar-refractivity contribution is 7.92. The standard InChI is InChI=1S/C21H27N3O6S/c1-6-30-18-10-8-17(9-11-18)24(31(5,26)27)15(2)21(25)23-22-14-16-7-12-19(28-3)20(13-16)29-4/h7-15H,6H2,1-5H3,(H,23,25)/b22-14-/t15-/m1/s1. The van der Waals surface area contributed by atoms with Gasteiger partial charge < -0.3 is 14.2 Å². The van der Waals surface area contributed by atoms with E-state index >= 15 is 0 Å². The number of benzene rings is 2. The van der Waals surface area contributed by atoms with Gasteiger partial charge in [0.05, 0.1) is 39.0 Å². The second-order valence-electron chi connectivity index (χ2n) is 6.51. The Bertz CT molecular complexity index is 1020. The van der Waals surface area contributed by atoms with Crippen molar-refractivity contribution in [3.63, 3.8) is 0 Å². The number of hydrogen-bond donors (Lipinski definition) is 1. The number of anilines is 1. The third-order valence-corrected chi connectivity index (χ3v) is 5.53. The van der Waals surface area contributed by atoms with Crippen LogP contribution in [0.3, 0.4) is 0 Å². The molecule has 0 saturated heterocycles. The Morgan fingerprint density at radius 3 is 2.32 bits per heavy atom. The number of rotatable bonds is 10. The van der Waals surface area contributed by atoms with Gasteiger partial charge in [0.25, 0.3) is 5.91 Å². The van der Waals surface area contributed by atoms with Crippen molar-refractivity contribution in [2.75, 3.05) is 31.4 Å². The van der Waals surface area contributed by atoms with E-state index < -0.39 is 22.0 Å². The molecule has 0 aliphatic rings. The molecule has 2 rings (SSSR count). The Kier molecular flexibility index (Phi) is 8.26. The van der Waals surface area contributed by atoms with Crippen molar-refractivity contribution >= 4 is 27.8 Å². The molecular formula is C21H27N3O6S. The summed E-state index contributed by atoms with van der Waals surface area (Å²) in [6, 6.07) is 10.6. The maximum atomic E-state index is 12.6. The van der Waals surface area contributed by atoms with Gasteiger partial charge >= 0.3 is 0 Å². The van der Waals surface area contributed by atoms with Crippen LogP contribution in [0.1, 0.15) is 19.4 Å². The number of sulfonamides is 1. The van der Waals surface area contributed by atoms with Gasteiger partial charge in [0.2, 0.25) is 10.0 Å². The molecule has 1 amide bonds. The second-order valence-corrected chi connectivity index (χ2v) is 8.37. The zero-order valence-electron chi connectivity index (χ0n) is 18.2. The molecule has 0 aliphatic carbocycles. The van der Waals surface area contributed by atoms with Crippen LogP contribution < -0.4 is 23.9 Å². The summed E-state index contributed by atoms with van der Waals surface area (Å²) in [5.41, 5.74) is 3.39. The molecular weight excluding hydrogens is 422 g/mol. The molecule has 1 N–H and O–H groups in total. The van der Waals surface area contributed by atoms with Crippen LogP contribution in [0.2, 0.25) is 0 Å². The van der Waals surface area contributed by atoms with Crippen molar-refractivity contribution in [1.29, 1.82) is 0 Å². The molecule has 1 atom stereocenters. The van der Waals surface area contributed by atoms with Gasteiger partial charge in [-0.05, 0) is 61.9 Å². The summed E-state index contributed by atoms with van der Waals surface area (Å²) < 4.78 is 41.5. The van der Waals surface area contributed by atoms with Gasteiger partial charge in [0.1, 0.15) is 11.8 Å². The van der Waals surface area contributed by atoms with Crippen molar-refractivity contribution in [3.8, 4) is 17.2 Å². The smallest absolute Gasteiger partial charge is 0.263 e. The van der Waals surface area contributed by atoms with Crippen molar-refractivity contribution in [3.05, 3.63) is 48.0 Å². The Balaban J connectivity index is 2.15. The molecule has 0 saturated carbocycles. The van der Waals surface area contributed by atoms with Gasteiger partial charge in [0.15, 0.2) is 11.5 Å². The SMILES string of the molecule is CCOc1ccc(N([C@H](C)C(=O)N/N=C\c2ccc(OC)c(OC)c2)S(C)(=O)=O)cc1. The van der Waals surface area contributed by atoms with Gasteiger partial charge in [-0.15, -0.1) is 0 Å². The summed E-state index contributed by atoms with van der Waals surface area (Å²) in [6.45, 7) is 3.83. The topological polar surface area (TPSA) is 107 Å². The van der Waals surface area contributed by atoms with Gasteiger partial charge in [-0.3, -0.25) is 9.10 Å². The van der Waals surface area contributed by atoms with Crippen LogP contribution in [0.4, 0.5) is 5.69 Å². The lowest BCUT2D eigenvalue weighted by molar-refractivity contribution is -0.121. The molecule has 2 aromatic rings. The zero-order valence-corrected chi connectivity index (χ0v) is 19.0. The van der Waals surface area contributed by atoms with Gasteiger partial charge in [-0.25, -0.2) is 13.8 Å². The monoisotopic (exact) mass is 449 g/mol. The number of nitrogens with one attached hydrogen (secondary N) is 1. The molecule has 9 nitrogen and oxygen atoms in total. The Hall–Kier alpha value is -3.27. The first-order valence-corrected chi connectivity index (χ1v) is 11.3. The molecule has 0 radical (unpaired) electrons.